The van der Waals surface area contributed by atoms with Gasteiger partial charge in [-0.15, -0.1) is 0 Å². The van der Waals surface area contributed by atoms with Crippen molar-refractivity contribution in [1.29, 1.82) is 0 Å². The van der Waals surface area contributed by atoms with Gasteiger partial charge in [-0.25, -0.2) is 0 Å². The van der Waals surface area contributed by atoms with Crippen molar-refractivity contribution in [3.8, 4) is 0 Å². The number of anilines is 1. The van der Waals surface area contributed by atoms with Crippen molar-refractivity contribution in [1.82, 2.24) is 29.8 Å². The van der Waals surface area contributed by atoms with Gasteiger partial charge < -0.3 is 20.3 Å². The average molecular weight is 772 g/mol. The van der Waals surface area contributed by atoms with E-state index in [0.29, 0.717) is 83.0 Å². The number of amides is 2. The summed E-state index contributed by atoms with van der Waals surface area (Å²) >= 11 is -3.94. The number of carbonyl (C=O) groups excluding carboxylic acids is 6. The minimum Gasteiger partial charge on any atom is -0.426 e. The molecule has 18 nitrogen and oxygen atoms in total. The predicted octanol–water partition coefficient (Wildman–Crippen LogP) is -3.35. The third-order valence-corrected chi connectivity index (χ3v) is 12.2. The fourth-order valence-electron chi connectivity index (χ4n) is 6.48. The Bertz CT molecular complexity index is 1400. The molecule has 1 aromatic carbocycles. The maximum Gasteiger partial charge on any atom is 0.475 e. The molecular formula is C31H45BGaN7O11. The SMILES string of the molecule is C[C@@H](NC(=O)c1ccc(NCC(=O)CN2CCN3CCN4CCN(CC2)CC(=O)[O][Ga]([O]C(=O)C3)[O]C(=O)C4)cc1)C(=O)N1CCC[C@H]1B(O)O. The van der Waals surface area contributed by atoms with Crippen molar-refractivity contribution >= 4 is 65.6 Å². The van der Waals surface area contributed by atoms with Gasteiger partial charge in [-0.05, 0) is 44.0 Å². The Morgan fingerprint density at radius 3 is 1.84 bits per heavy atom. The second-order valence-electron chi connectivity index (χ2n) is 13.2. The van der Waals surface area contributed by atoms with Crippen molar-refractivity contribution in [2.75, 3.05) is 96.9 Å². The number of hydrogen-bond acceptors (Lipinski definition) is 16. The number of ketones is 1. The minimum absolute atomic E-state index is 0.0000663. The average Bonchev–Trinajstić information content (AvgIpc) is 3.57. The number of fused-ring (bicyclic) bond motifs is 7. The molecule has 0 aromatic heterocycles. The Balaban J connectivity index is 1.15. The number of nitrogens with one attached hydrogen (secondary N) is 2. The Hall–Kier alpha value is -3.50. The second kappa shape index (κ2) is 18.3. The zero-order valence-electron chi connectivity index (χ0n) is 28.7. The molecule has 4 atom stereocenters. The van der Waals surface area contributed by atoms with E-state index in [-0.39, 0.29) is 44.4 Å². The van der Waals surface area contributed by atoms with E-state index in [0.717, 1.165) is 0 Å². The molecule has 4 aliphatic rings. The van der Waals surface area contributed by atoms with Crippen LogP contribution in [0.25, 0.3) is 0 Å². The number of likely N-dealkylation sites (tertiary alicyclic amines) is 1. The van der Waals surface area contributed by atoms with E-state index in [2.05, 4.69) is 10.6 Å². The topological polar surface area (TPSA) is 211 Å². The molecule has 2 unspecified atom stereocenters. The first-order valence-electron chi connectivity index (χ1n) is 17.2. The first-order chi connectivity index (χ1) is 24.4. The summed E-state index contributed by atoms with van der Waals surface area (Å²) in [5.41, 5.74) is 0.931. The van der Waals surface area contributed by atoms with Crippen LogP contribution >= 0.6 is 0 Å². The van der Waals surface area contributed by atoms with Crippen molar-refractivity contribution in [2.45, 2.75) is 31.7 Å². The van der Waals surface area contributed by atoms with Gasteiger partial charge in [0.15, 0.2) is 0 Å². The molecule has 0 aliphatic carbocycles. The van der Waals surface area contributed by atoms with Gasteiger partial charge in [-0.2, -0.15) is 0 Å². The number of benzene rings is 1. The van der Waals surface area contributed by atoms with Gasteiger partial charge in [0.2, 0.25) is 5.91 Å². The number of carbonyl (C=O) groups is 6. The number of nitrogens with zero attached hydrogens (tertiary/aromatic N) is 5. The van der Waals surface area contributed by atoms with E-state index in [1.165, 1.54) is 4.90 Å². The van der Waals surface area contributed by atoms with Gasteiger partial charge in [-0.3, -0.25) is 9.59 Å². The van der Waals surface area contributed by atoms with Crippen LogP contribution in [0.4, 0.5) is 5.69 Å². The number of Topliss-reactive ketones (excluding diaryl/α,β-unsaturated/α-hetero) is 1. The smallest absolute Gasteiger partial charge is 0.426 e. The number of rotatable bonds is 9. The summed E-state index contributed by atoms with van der Waals surface area (Å²) in [6.45, 7) is 5.77. The second-order valence-corrected chi connectivity index (χ2v) is 15.9. The van der Waals surface area contributed by atoms with Crippen LogP contribution in [0.1, 0.15) is 30.1 Å². The summed E-state index contributed by atoms with van der Waals surface area (Å²) < 4.78 is 16.1. The van der Waals surface area contributed by atoms with Crippen LogP contribution in [0, 0.1) is 0 Å². The molecule has 51 heavy (non-hydrogen) atoms. The minimum atomic E-state index is -3.94. The zero-order valence-corrected chi connectivity index (χ0v) is 31.2. The third kappa shape index (κ3) is 11.5. The summed E-state index contributed by atoms with van der Waals surface area (Å²) in [6, 6.07) is 5.62. The van der Waals surface area contributed by atoms with Gasteiger partial charge in [0, 0.05) is 12.1 Å². The molecule has 4 aliphatic heterocycles. The molecule has 0 saturated carbocycles. The summed E-state index contributed by atoms with van der Waals surface area (Å²) in [4.78, 5) is 86.0. The van der Waals surface area contributed by atoms with E-state index < -0.39 is 60.2 Å². The molecule has 1 aromatic rings. The molecule has 4 fully saturated rings. The molecule has 2 amide bonds. The molecule has 4 heterocycles. The normalized spacial score (nSPS) is 25.6. The van der Waals surface area contributed by atoms with E-state index in [1.54, 1.807) is 31.2 Å². The van der Waals surface area contributed by atoms with Crippen molar-refractivity contribution in [3.05, 3.63) is 29.8 Å². The third-order valence-electron chi connectivity index (χ3n) is 9.35. The van der Waals surface area contributed by atoms with Crippen LogP contribution in [0.2, 0.25) is 0 Å². The fraction of sp³-hybridized carbons (Fsp3) is 0.613. The number of hydrogen-bond donors (Lipinski definition) is 4. The van der Waals surface area contributed by atoms with E-state index in [1.807, 2.05) is 19.6 Å². The molecule has 4 N–H and O–H groups in total. The van der Waals surface area contributed by atoms with Crippen molar-refractivity contribution in [2.24, 2.45) is 0 Å². The molecule has 0 spiro atoms. The van der Waals surface area contributed by atoms with Crippen LogP contribution < -0.4 is 10.6 Å². The first kappa shape index (κ1) is 38.7. The van der Waals surface area contributed by atoms with Crippen LogP contribution in [-0.4, -0.2) is 198 Å². The van der Waals surface area contributed by atoms with Crippen LogP contribution in [0.3, 0.4) is 0 Å². The van der Waals surface area contributed by atoms with E-state index in [4.69, 9.17) is 10.6 Å². The summed E-state index contributed by atoms with van der Waals surface area (Å²) in [5.74, 6) is -3.47. The molecule has 5 rings (SSSR count). The first-order valence-corrected chi connectivity index (χ1v) is 20.2. The van der Waals surface area contributed by atoms with Gasteiger partial charge in [0.1, 0.15) is 6.04 Å². The van der Waals surface area contributed by atoms with Gasteiger partial charge in [-0.1, -0.05) is 0 Å². The van der Waals surface area contributed by atoms with E-state index >= 15 is 0 Å². The van der Waals surface area contributed by atoms with Gasteiger partial charge in [0.25, 0.3) is 5.91 Å². The van der Waals surface area contributed by atoms with Crippen LogP contribution in [0.5, 0.6) is 0 Å². The molecule has 0 radical (unpaired) electrons. The summed E-state index contributed by atoms with van der Waals surface area (Å²) in [7, 11) is -1.64. The van der Waals surface area contributed by atoms with Crippen LogP contribution in [0.15, 0.2) is 24.3 Å². The van der Waals surface area contributed by atoms with Crippen molar-refractivity contribution in [3.63, 3.8) is 0 Å². The quantitative estimate of drug-likeness (QED) is 0.181. The zero-order chi connectivity index (χ0) is 36.5. The molecule has 20 heteroatoms. The monoisotopic (exact) mass is 771 g/mol. The van der Waals surface area contributed by atoms with Gasteiger partial charge in [0.05, 0.1) is 5.94 Å². The maximum atomic E-state index is 13.2. The molecule has 276 valence electrons. The predicted molar refractivity (Wildman–Crippen MR) is 182 cm³/mol. The Kier molecular flexibility index (Phi) is 13.9. The summed E-state index contributed by atoms with van der Waals surface area (Å²) in [6.07, 6.45) is 1.13. The molecule has 4 saturated heterocycles. The molecular weight excluding hydrogens is 727 g/mol. The van der Waals surface area contributed by atoms with Crippen molar-refractivity contribution < 1.29 is 49.4 Å². The Morgan fingerprint density at radius 2 is 1.33 bits per heavy atom. The largest absolute Gasteiger partial charge is 0.475 e. The Labute approximate surface area is 302 Å². The van der Waals surface area contributed by atoms with E-state index in [9.17, 15) is 38.8 Å². The maximum absolute atomic E-state index is 13.2. The van der Waals surface area contributed by atoms with Gasteiger partial charge >= 0.3 is 194 Å². The molecule has 4 bridgehead atoms. The standard InChI is InChI=1S/C31H48BN7O11.Ga/c1-22(31(48)39-8-2-3-26(39)32(49)50)34-30(47)23-4-6-24(7-5-23)33-17-25(40)18-35-9-11-36(19-27(41)42)13-15-38(21-29(45)46)16-14-37(12-10-35)20-28(43)44;/h4-7,22,26,33,49-50H,2-3,8-21H2,1H3,(H,34,47)(H,41,42)(H,43,44)(H,45,46);/q;+3/p-3/t22-,26+;/m1./s1. The Morgan fingerprint density at radius 1 is 0.824 bits per heavy atom. The van der Waals surface area contributed by atoms with Crippen LogP contribution in [-0.2, 0) is 34.6 Å². The summed E-state index contributed by atoms with van der Waals surface area (Å²) in [5, 5.41) is 24.9. The fourth-order valence-corrected chi connectivity index (χ4v) is 8.60.